The topological polar surface area (TPSA) is 303 Å². The Morgan fingerprint density at radius 3 is 1.66 bits per heavy atom. The molecule has 3 aromatic carbocycles. The van der Waals surface area contributed by atoms with E-state index in [0.29, 0.717) is 169 Å². The summed E-state index contributed by atoms with van der Waals surface area (Å²) in [6.07, 6.45) is 4.21. The van der Waals surface area contributed by atoms with Crippen molar-refractivity contribution in [3.8, 4) is 11.8 Å². The lowest BCUT2D eigenvalue weighted by Gasteiger charge is -2.36. The minimum Gasteiger partial charge on any atom is -0.494 e. The van der Waals surface area contributed by atoms with Gasteiger partial charge in [0.2, 0.25) is 5.91 Å². The van der Waals surface area contributed by atoms with Crippen LogP contribution in [0.5, 0.6) is 5.75 Å². The highest BCUT2D eigenvalue weighted by Gasteiger charge is 2.30. The molecule has 0 aliphatic carbocycles. The zero-order chi connectivity index (χ0) is 66.6. The third-order valence-electron chi connectivity index (χ3n) is 16.5. The Bertz CT molecular complexity index is 3200. The Hall–Kier alpha value is -7.54. The second kappa shape index (κ2) is 38.1. The molecule has 2 atom stereocenters. The number of ether oxygens (including phenoxy) is 5. The van der Waals surface area contributed by atoms with Crippen LogP contribution in [0.15, 0.2) is 79.0 Å². The molecule has 4 aromatic rings. The Kier molecular flexibility index (Phi) is 29.3. The Morgan fingerprint density at radius 2 is 1.11 bits per heavy atom. The fraction of sp³-hybridized carbons (Fsp3) is 0.531. The molecule has 0 spiro atoms. The van der Waals surface area contributed by atoms with Crippen LogP contribution in [0.1, 0.15) is 35.2 Å². The number of nitrogens with one attached hydrogen (secondary N) is 4. The summed E-state index contributed by atoms with van der Waals surface area (Å²) in [6.45, 7) is 10.8. The zero-order valence-corrected chi connectivity index (χ0v) is 55.4. The number of thiocarbonyl (C=S) groups is 3. The second-order valence-electron chi connectivity index (χ2n) is 23.1. The lowest BCUT2D eigenvalue weighted by Crippen LogP contribution is -2.50. The fourth-order valence-corrected chi connectivity index (χ4v) is 12.3. The van der Waals surface area contributed by atoms with E-state index < -0.39 is 29.9 Å². The van der Waals surface area contributed by atoms with E-state index in [4.69, 9.17) is 60.3 Å². The monoisotopic (exact) mass is 1350 g/mol. The van der Waals surface area contributed by atoms with Crippen LogP contribution >= 0.6 is 36.7 Å². The highest BCUT2D eigenvalue weighted by Crippen LogP contribution is 2.25. The zero-order valence-electron chi connectivity index (χ0n) is 52.9. The molecule has 508 valence electrons. The molecule has 0 radical (unpaired) electrons. The molecule has 4 aliphatic heterocycles. The van der Waals surface area contributed by atoms with E-state index in [0.717, 1.165) is 68.2 Å². The van der Waals surface area contributed by atoms with Crippen LogP contribution in [0.2, 0.25) is 0 Å². The van der Waals surface area contributed by atoms with Crippen LogP contribution in [-0.4, -0.2) is 300 Å². The normalized spacial score (nSPS) is 19.3. The molecule has 0 bridgehead atoms. The first-order valence-corrected chi connectivity index (χ1v) is 33.0. The lowest BCUT2D eigenvalue weighted by molar-refractivity contribution is -0.140. The number of aliphatic carboxylic acids is 3. The van der Waals surface area contributed by atoms with Crippen molar-refractivity contribution in [1.29, 1.82) is 5.26 Å². The number of fused-ring (bicyclic) bond motifs is 1. The number of amides is 2. The van der Waals surface area contributed by atoms with Crippen molar-refractivity contribution in [1.82, 2.24) is 49.5 Å². The van der Waals surface area contributed by atoms with Crippen molar-refractivity contribution < 1.29 is 63.0 Å². The van der Waals surface area contributed by atoms with Crippen molar-refractivity contribution in [3.05, 3.63) is 90.1 Å². The Balaban J connectivity index is 0.714. The molecule has 5 heterocycles. The van der Waals surface area contributed by atoms with Gasteiger partial charge in [-0.3, -0.25) is 48.6 Å². The molecule has 4 aliphatic rings. The molecule has 8 rings (SSSR count). The van der Waals surface area contributed by atoms with Crippen molar-refractivity contribution in [2.75, 3.05) is 200 Å². The number of likely N-dealkylation sites (tertiary alicyclic amines) is 1. The minimum atomic E-state index is -1.03. The average Bonchev–Trinajstić information content (AvgIpc) is 0.975. The predicted octanol–water partition coefficient (Wildman–Crippen LogP) is 3.12. The smallest absolute Gasteiger partial charge is 0.317 e. The molecule has 1 aromatic heterocycles. The van der Waals surface area contributed by atoms with Crippen molar-refractivity contribution in [3.63, 3.8) is 0 Å². The van der Waals surface area contributed by atoms with Gasteiger partial charge >= 0.3 is 17.9 Å². The van der Waals surface area contributed by atoms with Gasteiger partial charge in [-0.2, -0.15) is 5.26 Å². The summed E-state index contributed by atoms with van der Waals surface area (Å²) in [5, 5.41) is 53.4. The summed E-state index contributed by atoms with van der Waals surface area (Å²) in [6, 6.07) is 23.9. The van der Waals surface area contributed by atoms with E-state index >= 15 is 0 Å². The van der Waals surface area contributed by atoms with E-state index in [1.165, 1.54) is 4.90 Å². The van der Waals surface area contributed by atoms with Gasteiger partial charge in [0.25, 0.3) is 5.91 Å². The summed E-state index contributed by atoms with van der Waals surface area (Å²) in [5.41, 5.74) is 4.35. The van der Waals surface area contributed by atoms with E-state index in [9.17, 15) is 44.6 Å². The highest BCUT2D eigenvalue weighted by atomic mass is 32.1. The summed E-state index contributed by atoms with van der Waals surface area (Å²) >= 11 is 17.6. The number of benzene rings is 3. The maximum atomic E-state index is 13.2. The number of carboxylic acids is 3. The van der Waals surface area contributed by atoms with Gasteiger partial charge in [-0.25, -0.2) is 0 Å². The number of rotatable bonds is 19. The van der Waals surface area contributed by atoms with Gasteiger partial charge in [0.05, 0.1) is 103 Å². The largest absolute Gasteiger partial charge is 0.494 e. The molecule has 2 unspecified atom stereocenters. The van der Waals surface area contributed by atoms with E-state index in [-0.39, 0.29) is 44.7 Å². The lowest BCUT2D eigenvalue weighted by atomic mass is 10.0. The summed E-state index contributed by atoms with van der Waals surface area (Å²) in [4.78, 5) is 81.1. The standard InChI is InChI=1S/C64H86N14O13S3/c65-41-51-3-1-17-78(51)57(79)42-67-61(86)54-14-15-66-56-13-12-53(40-55(54)56)91-30-2-16-71-20-23-74(24-21-71)62(92)69-49-8-10-50(11-9-49)70-64(94)76-28-33-89-37-35-87-31-26-75(27-32-88-36-38-90-34-29-76)63(93)68-48-6-4-47(5-7-48)39-52-43-73(45-59(82)83)19-18-72(44-58(80)81)22-25-77(52)46-60(84)85/h4-15,40,51-52H,1-3,16-39,42-46H2,(H,67,86)(H,68,93)(H,69,92)(H,70,94)(H,80,81)(H,82,83)(H,84,85). The number of carbonyl (C=O) groups excluding carboxylic acids is 2. The first-order valence-electron chi connectivity index (χ1n) is 31.8. The fourth-order valence-electron chi connectivity index (χ4n) is 11.4. The molecule has 30 heteroatoms. The van der Waals surface area contributed by atoms with Gasteiger partial charge in [0.15, 0.2) is 15.3 Å². The van der Waals surface area contributed by atoms with Gasteiger partial charge in [0, 0.05) is 133 Å². The van der Waals surface area contributed by atoms with Crippen molar-refractivity contribution in [2.45, 2.75) is 37.8 Å². The van der Waals surface area contributed by atoms with Gasteiger partial charge in [-0.15, -0.1) is 0 Å². The number of carbonyl (C=O) groups is 5. The van der Waals surface area contributed by atoms with Crippen LogP contribution in [0.3, 0.4) is 0 Å². The molecule has 27 nitrogen and oxygen atoms in total. The van der Waals surface area contributed by atoms with Crippen LogP contribution in [-0.2, 0) is 44.5 Å². The molecule has 94 heavy (non-hydrogen) atoms. The number of piperazine rings is 1. The number of hydrogen-bond donors (Lipinski definition) is 7. The number of nitriles is 1. The van der Waals surface area contributed by atoms with Crippen LogP contribution in [0, 0.1) is 11.3 Å². The Labute approximate surface area is 564 Å². The number of nitrogens with zero attached hydrogens (tertiary/aromatic N) is 10. The molecule has 4 saturated heterocycles. The molecule has 2 amide bonds. The highest BCUT2D eigenvalue weighted by molar-refractivity contribution is 7.80. The summed E-state index contributed by atoms with van der Waals surface area (Å²) < 4.78 is 30.1. The van der Waals surface area contributed by atoms with Gasteiger partial charge in [-0.1, -0.05) is 12.1 Å². The van der Waals surface area contributed by atoms with Gasteiger partial charge < -0.3 is 79.9 Å². The first kappa shape index (κ1) is 72.3. The van der Waals surface area contributed by atoms with Crippen molar-refractivity contribution in [2.24, 2.45) is 0 Å². The SMILES string of the molecule is N#CC1CCCN1C(=O)CNC(=O)c1ccnc2ccc(OCCCN3CCN(C(=S)Nc4ccc(NC(=S)N5CCOCCOCCN(C(=S)Nc6ccc(CC7CN(CC(=O)O)CCN(CC(=O)O)CCN7CC(=O)O)cc6)CCOCCOCC5)cc4)CC3)cc12. The summed E-state index contributed by atoms with van der Waals surface area (Å²) in [5.74, 6) is -3.10. The number of pyridine rings is 1. The quantitative estimate of drug-likeness (QED) is 0.0524. The van der Waals surface area contributed by atoms with E-state index in [1.54, 1.807) is 27.0 Å². The Morgan fingerprint density at radius 1 is 0.596 bits per heavy atom. The molecule has 0 saturated carbocycles. The third-order valence-corrected chi connectivity index (χ3v) is 17.6. The number of anilines is 3. The predicted molar refractivity (Wildman–Crippen MR) is 365 cm³/mol. The molecular weight excluding hydrogens is 1270 g/mol. The number of aromatic nitrogens is 1. The second-order valence-corrected chi connectivity index (χ2v) is 24.3. The van der Waals surface area contributed by atoms with Crippen LogP contribution in [0.25, 0.3) is 10.9 Å². The van der Waals surface area contributed by atoms with Gasteiger partial charge in [-0.05, 0) is 129 Å². The van der Waals surface area contributed by atoms with Gasteiger partial charge in [0.1, 0.15) is 11.8 Å². The van der Waals surface area contributed by atoms with Crippen LogP contribution in [0.4, 0.5) is 17.1 Å². The molecule has 7 N–H and O–H groups in total. The number of carboxylic acid groups (broad SMARTS) is 3. The first-order chi connectivity index (χ1) is 45.6. The van der Waals surface area contributed by atoms with E-state index in [2.05, 4.69) is 42.1 Å². The number of hydrogen-bond acceptors (Lipinski definition) is 19. The molecular formula is C64H86N14O13S3. The van der Waals surface area contributed by atoms with Crippen molar-refractivity contribution >= 4 is 110 Å². The third kappa shape index (κ3) is 23.7. The van der Waals surface area contributed by atoms with Crippen LogP contribution < -0.4 is 26.0 Å². The maximum absolute atomic E-state index is 13.2. The van der Waals surface area contributed by atoms with E-state index in [1.807, 2.05) is 76.5 Å². The maximum Gasteiger partial charge on any atom is 0.317 e. The summed E-state index contributed by atoms with van der Waals surface area (Å²) in [7, 11) is 0. The average molecular weight is 1360 g/mol. The minimum absolute atomic E-state index is 0.188. The molecule has 4 fully saturated rings.